The van der Waals surface area contributed by atoms with Crippen LogP contribution in [0.2, 0.25) is 0 Å². The van der Waals surface area contributed by atoms with E-state index in [1.54, 1.807) is 0 Å². The summed E-state index contributed by atoms with van der Waals surface area (Å²) in [6.45, 7) is 4.84. The van der Waals surface area contributed by atoms with Crippen LogP contribution in [0, 0.1) is 6.92 Å². The zero-order valence-electron chi connectivity index (χ0n) is 11.5. The van der Waals surface area contributed by atoms with Crippen LogP contribution in [0.15, 0.2) is 42.7 Å². The molecule has 1 heterocycles. The largest absolute Gasteiger partial charge is 0.494 e. The Hall–Kier alpha value is -1.87. The summed E-state index contributed by atoms with van der Waals surface area (Å²) in [5.41, 5.74) is 9.47. The molecule has 2 N–H and O–H groups in total. The molecule has 1 unspecified atom stereocenters. The Bertz CT molecular complexity index is 540. The van der Waals surface area contributed by atoms with Crippen molar-refractivity contribution in [2.45, 2.75) is 26.3 Å². The van der Waals surface area contributed by atoms with E-state index in [0.717, 1.165) is 35.5 Å². The van der Waals surface area contributed by atoms with E-state index in [0.29, 0.717) is 0 Å². The topological polar surface area (TPSA) is 48.1 Å². The molecule has 2 rings (SSSR count). The van der Waals surface area contributed by atoms with Crippen molar-refractivity contribution < 1.29 is 4.74 Å². The molecule has 100 valence electrons. The Morgan fingerprint density at radius 3 is 2.79 bits per heavy atom. The van der Waals surface area contributed by atoms with E-state index in [4.69, 9.17) is 10.5 Å². The van der Waals surface area contributed by atoms with Gasteiger partial charge in [0.1, 0.15) is 5.75 Å². The van der Waals surface area contributed by atoms with Gasteiger partial charge in [0, 0.05) is 12.4 Å². The third-order valence-corrected chi connectivity index (χ3v) is 2.95. The van der Waals surface area contributed by atoms with Crippen molar-refractivity contribution >= 4 is 0 Å². The summed E-state index contributed by atoms with van der Waals surface area (Å²) in [6.07, 6.45) is 4.65. The third kappa shape index (κ3) is 3.55. The van der Waals surface area contributed by atoms with Crippen LogP contribution in [0.5, 0.6) is 5.75 Å². The van der Waals surface area contributed by atoms with Crippen LogP contribution in [0.25, 0.3) is 0 Å². The van der Waals surface area contributed by atoms with Crippen molar-refractivity contribution in [3.05, 3.63) is 59.4 Å². The van der Waals surface area contributed by atoms with Crippen molar-refractivity contribution in [3.63, 3.8) is 0 Å². The highest BCUT2D eigenvalue weighted by molar-refractivity contribution is 5.36. The Kier molecular flexibility index (Phi) is 4.53. The highest BCUT2D eigenvalue weighted by Gasteiger charge is 2.10. The molecule has 0 spiro atoms. The maximum Gasteiger partial charge on any atom is 0.119 e. The number of nitrogens with two attached hydrogens (primary N) is 1. The van der Waals surface area contributed by atoms with Gasteiger partial charge in [-0.25, -0.2) is 0 Å². The Morgan fingerprint density at radius 2 is 2.05 bits per heavy atom. The summed E-state index contributed by atoms with van der Waals surface area (Å²) in [7, 11) is 0. The summed E-state index contributed by atoms with van der Waals surface area (Å²) in [4.78, 5) is 4.19. The molecule has 1 aromatic carbocycles. The zero-order valence-corrected chi connectivity index (χ0v) is 11.5. The number of ether oxygens (including phenoxy) is 1. The first-order valence-electron chi connectivity index (χ1n) is 6.60. The van der Waals surface area contributed by atoms with Crippen LogP contribution in [-0.2, 0) is 0 Å². The number of nitrogens with zero attached hydrogens (tertiary/aromatic N) is 1. The molecule has 2 aromatic rings. The summed E-state index contributed by atoms with van der Waals surface area (Å²) >= 11 is 0. The monoisotopic (exact) mass is 256 g/mol. The fourth-order valence-electron chi connectivity index (χ4n) is 1.96. The lowest BCUT2D eigenvalue weighted by molar-refractivity contribution is 0.317. The number of hydrogen-bond acceptors (Lipinski definition) is 3. The van der Waals surface area contributed by atoms with Crippen molar-refractivity contribution in [3.8, 4) is 5.75 Å². The van der Waals surface area contributed by atoms with Gasteiger partial charge in [0.05, 0.1) is 12.6 Å². The van der Waals surface area contributed by atoms with Crippen molar-refractivity contribution in [2.24, 2.45) is 5.73 Å². The fraction of sp³-hybridized carbons (Fsp3) is 0.312. The number of aryl methyl sites for hydroxylation is 1. The van der Waals surface area contributed by atoms with Crippen molar-refractivity contribution in [2.75, 3.05) is 6.61 Å². The minimum absolute atomic E-state index is 0.169. The molecule has 1 aromatic heterocycles. The molecule has 0 aliphatic carbocycles. The second kappa shape index (κ2) is 6.34. The molecule has 3 nitrogen and oxygen atoms in total. The summed E-state index contributed by atoms with van der Waals surface area (Å²) in [6, 6.07) is 9.85. The van der Waals surface area contributed by atoms with Gasteiger partial charge in [-0.05, 0) is 42.2 Å². The van der Waals surface area contributed by atoms with Gasteiger partial charge >= 0.3 is 0 Å². The number of pyridine rings is 1. The second-order valence-corrected chi connectivity index (χ2v) is 4.69. The SMILES string of the molecule is CCCOc1cccc(C(N)c2cncc(C)c2)c1. The van der Waals surface area contributed by atoms with Crippen LogP contribution in [0.4, 0.5) is 0 Å². The van der Waals surface area contributed by atoms with Crippen LogP contribution in [0.1, 0.15) is 36.1 Å². The molecule has 19 heavy (non-hydrogen) atoms. The smallest absolute Gasteiger partial charge is 0.119 e. The van der Waals surface area contributed by atoms with Crippen molar-refractivity contribution in [1.29, 1.82) is 0 Å². The number of rotatable bonds is 5. The molecule has 0 fully saturated rings. The lowest BCUT2D eigenvalue weighted by atomic mass is 10.00. The number of hydrogen-bond donors (Lipinski definition) is 1. The highest BCUT2D eigenvalue weighted by atomic mass is 16.5. The van der Waals surface area contributed by atoms with Gasteiger partial charge in [0.15, 0.2) is 0 Å². The molecular weight excluding hydrogens is 236 g/mol. The van der Waals surface area contributed by atoms with Crippen LogP contribution in [-0.4, -0.2) is 11.6 Å². The number of benzene rings is 1. The average Bonchev–Trinajstić information content (AvgIpc) is 2.44. The van der Waals surface area contributed by atoms with E-state index in [-0.39, 0.29) is 6.04 Å². The first kappa shape index (κ1) is 13.6. The molecule has 3 heteroatoms. The van der Waals surface area contributed by atoms with Gasteiger partial charge in [-0.2, -0.15) is 0 Å². The number of aromatic nitrogens is 1. The summed E-state index contributed by atoms with van der Waals surface area (Å²) in [5.74, 6) is 0.871. The first-order valence-corrected chi connectivity index (χ1v) is 6.60. The second-order valence-electron chi connectivity index (χ2n) is 4.69. The molecule has 0 aliphatic heterocycles. The molecule has 0 aliphatic rings. The predicted molar refractivity (Wildman–Crippen MR) is 77.2 cm³/mol. The van der Waals surface area contributed by atoms with E-state index >= 15 is 0 Å². The minimum atomic E-state index is -0.169. The van der Waals surface area contributed by atoms with Gasteiger partial charge in [-0.1, -0.05) is 25.1 Å². The van der Waals surface area contributed by atoms with E-state index < -0.39 is 0 Å². The predicted octanol–water partition coefficient (Wildman–Crippen LogP) is 3.23. The molecule has 0 bridgehead atoms. The zero-order chi connectivity index (χ0) is 13.7. The van der Waals surface area contributed by atoms with Crippen LogP contribution in [0.3, 0.4) is 0 Å². The summed E-state index contributed by atoms with van der Waals surface area (Å²) in [5, 5.41) is 0. The van der Waals surface area contributed by atoms with Gasteiger partial charge in [0.25, 0.3) is 0 Å². The molecular formula is C16H20N2O. The van der Waals surface area contributed by atoms with Gasteiger partial charge < -0.3 is 10.5 Å². The molecule has 0 saturated carbocycles. The van der Waals surface area contributed by atoms with Crippen LogP contribution < -0.4 is 10.5 Å². The van der Waals surface area contributed by atoms with E-state index in [9.17, 15) is 0 Å². The normalized spacial score (nSPS) is 12.2. The summed E-state index contributed by atoms with van der Waals surface area (Å²) < 4.78 is 5.63. The van der Waals surface area contributed by atoms with E-state index in [1.165, 1.54) is 0 Å². The van der Waals surface area contributed by atoms with Gasteiger partial charge in [-0.15, -0.1) is 0 Å². The van der Waals surface area contributed by atoms with Gasteiger partial charge in [-0.3, -0.25) is 4.98 Å². The Labute approximate surface area is 114 Å². The first-order chi connectivity index (χ1) is 9.20. The van der Waals surface area contributed by atoms with Crippen LogP contribution >= 0.6 is 0 Å². The molecule has 1 atom stereocenters. The lowest BCUT2D eigenvalue weighted by Gasteiger charge is -2.14. The van der Waals surface area contributed by atoms with E-state index in [1.807, 2.05) is 43.6 Å². The van der Waals surface area contributed by atoms with Crippen molar-refractivity contribution in [1.82, 2.24) is 4.98 Å². The Balaban J connectivity index is 2.21. The minimum Gasteiger partial charge on any atom is -0.494 e. The standard InChI is InChI=1S/C16H20N2O/c1-3-7-19-15-6-4-5-13(9-15)16(17)14-8-12(2)10-18-11-14/h4-6,8-11,16H,3,7,17H2,1-2H3. The lowest BCUT2D eigenvalue weighted by Crippen LogP contribution is -2.12. The average molecular weight is 256 g/mol. The molecule has 0 amide bonds. The van der Waals surface area contributed by atoms with Gasteiger partial charge in [0.2, 0.25) is 0 Å². The molecule has 0 saturated heterocycles. The maximum atomic E-state index is 6.29. The van der Waals surface area contributed by atoms with E-state index in [2.05, 4.69) is 18.0 Å². The maximum absolute atomic E-state index is 6.29. The molecule has 0 radical (unpaired) electrons. The third-order valence-electron chi connectivity index (χ3n) is 2.95. The Morgan fingerprint density at radius 1 is 1.21 bits per heavy atom. The fourth-order valence-corrected chi connectivity index (χ4v) is 1.96. The quantitative estimate of drug-likeness (QED) is 0.893. The highest BCUT2D eigenvalue weighted by Crippen LogP contribution is 2.23.